The molecule has 0 saturated carbocycles. The van der Waals surface area contributed by atoms with Crippen molar-refractivity contribution in [3.05, 3.63) is 53.0 Å². The number of ether oxygens (including phenoxy) is 1. The van der Waals surface area contributed by atoms with Gasteiger partial charge in [0.05, 0.1) is 39.9 Å². The van der Waals surface area contributed by atoms with Crippen molar-refractivity contribution in [2.24, 2.45) is 7.05 Å². The van der Waals surface area contributed by atoms with Crippen molar-refractivity contribution in [1.82, 2.24) is 24.6 Å². The van der Waals surface area contributed by atoms with Crippen molar-refractivity contribution in [1.29, 1.82) is 0 Å². The zero-order valence-electron chi connectivity index (χ0n) is 17.9. The summed E-state index contributed by atoms with van der Waals surface area (Å²) in [5.74, 6) is 0.0498. The van der Waals surface area contributed by atoms with Crippen LogP contribution in [0.3, 0.4) is 0 Å². The molecule has 4 aromatic rings. The highest BCUT2D eigenvalue weighted by Crippen LogP contribution is 2.40. The Hall–Kier alpha value is -3.89. The Morgan fingerprint density at radius 1 is 1.30 bits per heavy atom. The average molecular weight is 456 g/mol. The number of carbonyl (C=O) groups is 1. The van der Waals surface area contributed by atoms with E-state index in [9.17, 15) is 18.0 Å². The number of alkyl halides is 3. The first-order valence-corrected chi connectivity index (χ1v) is 10.1. The molecule has 0 fully saturated rings. The number of benzene rings is 1. The van der Waals surface area contributed by atoms with Crippen LogP contribution < -0.4 is 10.5 Å². The number of rotatable bonds is 2. The maximum atomic E-state index is 13.3. The van der Waals surface area contributed by atoms with Crippen LogP contribution in [-0.2, 0) is 13.2 Å². The molecular formula is C22H19F3N6O2. The molecular weight excluding hydrogens is 437 g/mol. The maximum Gasteiger partial charge on any atom is 0.416 e. The molecule has 0 spiro atoms. The molecule has 0 unspecified atom stereocenters. The van der Waals surface area contributed by atoms with Gasteiger partial charge in [-0.25, -0.2) is 9.97 Å². The Labute approximate surface area is 185 Å². The van der Waals surface area contributed by atoms with Crippen LogP contribution in [-0.4, -0.2) is 44.2 Å². The van der Waals surface area contributed by atoms with Gasteiger partial charge in [0, 0.05) is 25.0 Å². The topological polar surface area (TPSA) is 99.2 Å². The van der Waals surface area contributed by atoms with Crippen molar-refractivity contribution >= 4 is 33.5 Å². The number of hydrogen-bond acceptors (Lipinski definition) is 6. The molecule has 11 heteroatoms. The Morgan fingerprint density at radius 3 is 2.79 bits per heavy atom. The van der Waals surface area contributed by atoms with Crippen LogP contribution in [0.1, 0.15) is 33.4 Å². The standard InChI is InChI=1S/C22H19F3N6O2/c1-10-18-19(31(3)29-10)13-7-14(27-8-15(13)28-20(18)26)21(32)30(2)16-9-33-17-6-11(22(23,24)25)4-5-12(16)17/h4-8,16H,9H2,1-3H3,(H2,26,28)/t16-/m1/s1. The number of anilines is 1. The summed E-state index contributed by atoms with van der Waals surface area (Å²) in [6.45, 7) is 1.88. The second-order valence-corrected chi connectivity index (χ2v) is 8.01. The normalized spacial score (nSPS) is 15.6. The van der Waals surface area contributed by atoms with Gasteiger partial charge in [0.2, 0.25) is 0 Å². The molecule has 1 aromatic carbocycles. The van der Waals surface area contributed by atoms with E-state index in [1.54, 1.807) is 24.8 Å². The fourth-order valence-electron chi connectivity index (χ4n) is 4.32. The van der Waals surface area contributed by atoms with E-state index in [-0.39, 0.29) is 18.1 Å². The van der Waals surface area contributed by atoms with Crippen molar-refractivity contribution < 1.29 is 22.7 Å². The molecule has 1 aliphatic heterocycles. The number of likely N-dealkylation sites (N-methyl/N-ethyl adjacent to an activating group) is 1. The lowest BCUT2D eigenvalue weighted by Crippen LogP contribution is -2.32. The summed E-state index contributed by atoms with van der Waals surface area (Å²) >= 11 is 0. The zero-order valence-corrected chi connectivity index (χ0v) is 17.9. The molecule has 0 radical (unpaired) electrons. The lowest BCUT2D eigenvalue weighted by Gasteiger charge is -2.23. The number of hydrogen-bond donors (Lipinski definition) is 1. The molecule has 3 aromatic heterocycles. The summed E-state index contributed by atoms with van der Waals surface area (Å²) in [5, 5.41) is 5.79. The lowest BCUT2D eigenvalue weighted by molar-refractivity contribution is -0.137. The minimum Gasteiger partial charge on any atom is -0.491 e. The van der Waals surface area contributed by atoms with E-state index in [0.29, 0.717) is 27.7 Å². The first-order valence-electron chi connectivity index (χ1n) is 10.1. The van der Waals surface area contributed by atoms with E-state index < -0.39 is 23.7 Å². The Kier molecular flexibility index (Phi) is 4.49. The van der Waals surface area contributed by atoms with Crippen LogP contribution in [0.2, 0.25) is 0 Å². The Morgan fingerprint density at radius 2 is 2.06 bits per heavy atom. The summed E-state index contributed by atoms with van der Waals surface area (Å²) < 4.78 is 46.2. The third-order valence-corrected chi connectivity index (χ3v) is 5.96. The van der Waals surface area contributed by atoms with Crippen LogP contribution in [0.25, 0.3) is 21.8 Å². The van der Waals surface area contributed by atoms with Crippen LogP contribution >= 0.6 is 0 Å². The molecule has 1 amide bonds. The highest BCUT2D eigenvalue weighted by atomic mass is 19.4. The number of nitrogen functional groups attached to an aromatic ring is 1. The molecule has 2 N–H and O–H groups in total. The fourth-order valence-corrected chi connectivity index (χ4v) is 4.32. The highest BCUT2D eigenvalue weighted by molar-refractivity contribution is 6.10. The number of carbonyl (C=O) groups excluding carboxylic acids is 1. The van der Waals surface area contributed by atoms with Crippen molar-refractivity contribution in [3.63, 3.8) is 0 Å². The summed E-state index contributed by atoms with van der Waals surface area (Å²) in [5.41, 5.74) is 7.96. The van der Waals surface area contributed by atoms with Crippen LogP contribution in [0.15, 0.2) is 30.5 Å². The number of halogens is 3. The van der Waals surface area contributed by atoms with E-state index in [2.05, 4.69) is 15.1 Å². The Bertz CT molecular complexity index is 1450. The van der Waals surface area contributed by atoms with Gasteiger partial charge < -0.3 is 15.4 Å². The summed E-state index contributed by atoms with van der Waals surface area (Å²) in [4.78, 5) is 23.3. The molecule has 0 bridgehead atoms. The predicted molar refractivity (Wildman–Crippen MR) is 115 cm³/mol. The lowest BCUT2D eigenvalue weighted by atomic mass is 10.0. The predicted octanol–water partition coefficient (Wildman–Crippen LogP) is 3.63. The molecule has 4 heterocycles. The largest absolute Gasteiger partial charge is 0.491 e. The minimum absolute atomic E-state index is 0.0513. The minimum atomic E-state index is -4.47. The second-order valence-electron chi connectivity index (χ2n) is 8.01. The third-order valence-electron chi connectivity index (χ3n) is 5.96. The van der Waals surface area contributed by atoms with Gasteiger partial charge in [-0.05, 0) is 25.1 Å². The number of nitrogens with zero attached hydrogens (tertiary/aromatic N) is 5. The first-order chi connectivity index (χ1) is 15.6. The monoisotopic (exact) mass is 456 g/mol. The zero-order chi connectivity index (χ0) is 23.7. The van der Waals surface area contributed by atoms with Gasteiger partial charge in [-0.1, -0.05) is 6.07 Å². The number of pyridine rings is 2. The smallest absolute Gasteiger partial charge is 0.416 e. The first kappa shape index (κ1) is 21.0. The van der Waals surface area contributed by atoms with Crippen LogP contribution in [0.4, 0.5) is 19.0 Å². The molecule has 5 rings (SSSR count). The van der Waals surface area contributed by atoms with Crippen LogP contribution in [0, 0.1) is 6.92 Å². The van der Waals surface area contributed by atoms with Gasteiger partial charge in [0.25, 0.3) is 5.91 Å². The molecule has 170 valence electrons. The van der Waals surface area contributed by atoms with E-state index >= 15 is 0 Å². The highest BCUT2D eigenvalue weighted by Gasteiger charge is 2.36. The van der Waals surface area contributed by atoms with Gasteiger partial charge in [0.1, 0.15) is 23.9 Å². The van der Waals surface area contributed by atoms with Gasteiger partial charge in [0.15, 0.2) is 0 Å². The molecule has 0 saturated heterocycles. The van der Waals surface area contributed by atoms with Crippen molar-refractivity contribution in [2.45, 2.75) is 19.1 Å². The second kappa shape index (κ2) is 7.06. The van der Waals surface area contributed by atoms with Crippen molar-refractivity contribution in [3.8, 4) is 5.75 Å². The van der Waals surface area contributed by atoms with E-state index in [0.717, 1.165) is 23.3 Å². The molecule has 8 nitrogen and oxygen atoms in total. The van der Waals surface area contributed by atoms with Gasteiger partial charge in [-0.2, -0.15) is 18.3 Å². The number of amides is 1. The molecule has 1 aliphatic rings. The summed E-state index contributed by atoms with van der Waals surface area (Å²) in [6, 6.07) is 4.38. The molecule has 33 heavy (non-hydrogen) atoms. The van der Waals surface area contributed by atoms with Gasteiger partial charge in [-0.15, -0.1) is 0 Å². The average Bonchev–Trinajstić information content (AvgIpc) is 3.32. The SMILES string of the molecule is Cc1nn(C)c2c1c(N)nc1cnc(C(=O)N(C)[C@@H]3COc4cc(C(F)(F)F)ccc43)cc12. The summed E-state index contributed by atoms with van der Waals surface area (Å²) in [7, 11) is 3.35. The number of fused-ring (bicyclic) bond motifs is 4. The summed E-state index contributed by atoms with van der Waals surface area (Å²) in [6.07, 6.45) is -3.00. The van der Waals surface area contributed by atoms with E-state index in [1.165, 1.54) is 17.2 Å². The maximum absolute atomic E-state index is 13.3. The fraction of sp³-hybridized carbons (Fsp3) is 0.273. The number of aromatic nitrogens is 4. The van der Waals surface area contributed by atoms with Gasteiger partial charge in [-0.3, -0.25) is 9.48 Å². The van der Waals surface area contributed by atoms with E-state index in [4.69, 9.17) is 10.5 Å². The number of nitrogens with two attached hydrogens (primary N) is 1. The van der Waals surface area contributed by atoms with Gasteiger partial charge >= 0.3 is 6.18 Å². The quantitative estimate of drug-likeness (QED) is 0.495. The van der Waals surface area contributed by atoms with Crippen molar-refractivity contribution in [2.75, 3.05) is 19.4 Å². The van der Waals surface area contributed by atoms with Crippen LogP contribution in [0.5, 0.6) is 5.75 Å². The third kappa shape index (κ3) is 3.22. The Balaban J connectivity index is 1.52. The van der Waals surface area contributed by atoms with E-state index in [1.807, 2.05) is 6.92 Å². The number of aryl methyl sites for hydroxylation is 2. The molecule has 1 atom stereocenters. The molecule has 0 aliphatic carbocycles.